The van der Waals surface area contributed by atoms with E-state index in [9.17, 15) is 4.39 Å². The van der Waals surface area contributed by atoms with E-state index < -0.39 is 5.82 Å². The Morgan fingerprint density at radius 1 is 1.33 bits per heavy atom. The van der Waals surface area contributed by atoms with Gasteiger partial charge in [-0.3, -0.25) is 0 Å². The summed E-state index contributed by atoms with van der Waals surface area (Å²) in [6.07, 6.45) is 0. The molecule has 3 atom stereocenters. The Morgan fingerprint density at radius 2 is 2.14 bits per heavy atom. The van der Waals surface area contributed by atoms with Gasteiger partial charge < -0.3 is 10.3 Å². The van der Waals surface area contributed by atoms with Crippen molar-refractivity contribution in [3.63, 3.8) is 0 Å². The standard InChI is InChI=1S/C14H16FN3OS2/c1-7-8(2)21-11(6-20-7)13-17-14(19-18-13)12-9(15)4-3-5-10(12)16/h3-5,7-8,11H,6,16H2,1-2H3. The Hall–Kier alpha value is -1.21. The number of aromatic nitrogens is 2. The highest BCUT2D eigenvalue weighted by atomic mass is 32.2. The fraction of sp³-hybridized carbons (Fsp3) is 0.429. The number of rotatable bonds is 2. The molecule has 1 fully saturated rings. The molecule has 4 nitrogen and oxygen atoms in total. The van der Waals surface area contributed by atoms with Gasteiger partial charge in [-0.05, 0) is 12.1 Å². The highest BCUT2D eigenvalue weighted by Gasteiger charge is 2.30. The van der Waals surface area contributed by atoms with Crippen molar-refractivity contribution in [2.45, 2.75) is 29.6 Å². The predicted molar refractivity (Wildman–Crippen MR) is 85.8 cm³/mol. The molecule has 0 spiro atoms. The third-order valence-corrected chi connectivity index (χ3v) is 6.93. The maximum Gasteiger partial charge on any atom is 0.263 e. The summed E-state index contributed by atoms with van der Waals surface area (Å²) in [5.41, 5.74) is 6.29. The molecule has 3 unspecified atom stereocenters. The van der Waals surface area contributed by atoms with Gasteiger partial charge in [0.2, 0.25) is 0 Å². The SMILES string of the molecule is CC1SCC(c2noc(-c3c(N)cccc3F)n2)SC1C. The number of thioether (sulfide) groups is 2. The second-order valence-corrected chi connectivity index (χ2v) is 8.03. The van der Waals surface area contributed by atoms with Crippen LogP contribution < -0.4 is 5.73 Å². The van der Waals surface area contributed by atoms with Crippen LogP contribution in [-0.2, 0) is 0 Å². The Kier molecular flexibility index (Phi) is 4.12. The van der Waals surface area contributed by atoms with Gasteiger partial charge in [0, 0.05) is 21.9 Å². The number of hydrogen-bond acceptors (Lipinski definition) is 6. The van der Waals surface area contributed by atoms with Gasteiger partial charge in [0.05, 0.1) is 10.8 Å². The molecule has 0 bridgehead atoms. The van der Waals surface area contributed by atoms with Crippen LogP contribution in [0.5, 0.6) is 0 Å². The van der Waals surface area contributed by atoms with Crippen LogP contribution >= 0.6 is 23.5 Å². The molecule has 112 valence electrons. The average Bonchev–Trinajstić information content (AvgIpc) is 2.91. The predicted octanol–water partition coefficient (Wildman–Crippen LogP) is 3.76. The topological polar surface area (TPSA) is 64.9 Å². The van der Waals surface area contributed by atoms with Crippen molar-refractivity contribution in [2.75, 3.05) is 11.5 Å². The molecule has 21 heavy (non-hydrogen) atoms. The van der Waals surface area contributed by atoms with Crippen molar-refractivity contribution in [1.82, 2.24) is 10.1 Å². The fourth-order valence-corrected chi connectivity index (χ4v) is 4.99. The lowest BCUT2D eigenvalue weighted by Crippen LogP contribution is -2.22. The monoisotopic (exact) mass is 325 g/mol. The molecule has 2 heterocycles. The van der Waals surface area contributed by atoms with Crippen LogP contribution in [0.3, 0.4) is 0 Å². The summed E-state index contributed by atoms with van der Waals surface area (Å²) in [4.78, 5) is 4.35. The van der Waals surface area contributed by atoms with Gasteiger partial charge in [-0.15, -0.1) is 11.8 Å². The van der Waals surface area contributed by atoms with E-state index in [1.54, 1.807) is 12.1 Å². The molecule has 0 saturated carbocycles. The molecule has 0 amide bonds. The van der Waals surface area contributed by atoms with Gasteiger partial charge in [-0.1, -0.05) is 25.1 Å². The van der Waals surface area contributed by atoms with Crippen LogP contribution in [0.25, 0.3) is 11.5 Å². The van der Waals surface area contributed by atoms with Gasteiger partial charge in [0.1, 0.15) is 5.82 Å². The van der Waals surface area contributed by atoms with Crippen LogP contribution in [0.1, 0.15) is 24.9 Å². The van der Waals surface area contributed by atoms with Crippen molar-refractivity contribution < 1.29 is 8.91 Å². The Labute approximate surface area is 131 Å². The molecule has 3 rings (SSSR count). The van der Waals surface area contributed by atoms with Crippen LogP contribution in [0.15, 0.2) is 22.7 Å². The first-order valence-electron chi connectivity index (χ1n) is 6.71. The lowest BCUT2D eigenvalue weighted by Gasteiger charge is -2.29. The van der Waals surface area contributed by atoms with Crippen LogP contribution in [-0.4, -0.2) is 26.4 Å². The van der Waals surface area contributed by atoms with Crippen LogP contribution in [0, 0.1) is 5.82 Å². The van der Waals surface area contributed by atoms with Crippen LogP contribution in [0.2, 0.25) is 0 Å². The minimum atomic E-state index is -0.446. The molecular formula is C14H16FN3OS2. The van der Waals surface area contributed by atoms with E-state index in [2.05, 4.69) is 24.0 Å². The number of hydrogen-bond donors (Lipinski definition) is 1. The molecular weight excluding hydrogens is 309 g/mol. The zero-order valence-corrected chi connectivity index (χ0v) is 13.4. The molecule has 1 aliphatic rings. The summed E-state index contributed by atoms with van der Waals surface area (Å²) in [6, 6.07) is 4.52. The Bertz CT molecular complexity index is 629. The first-order chi connectivity index (χ1) is 10.1. The molecule has 2 aromatic rings. The lowest BCUT2D eigenvalue weighted by atomic mass is 10.1. The van der Waals surface area contributed by atoms with E-state index in [0.717, 1.165) is 5.75 Å². The zero-order chi connectivity index (χ0) is 15.0. The maximum absolute atomic E-state index is 13.9. The lowest BCUT2D eigenvalue weighted by molar-refractivity contribution is 0.421. The number of benzene rings is 1. The van der Waals surface area contributed by atoms with E-state index in [0.29, 0.717) is 22.0 Å². The number of halogens is 1. The fourth-order valence-electron chi connectivity index (χ4n) is 2.15. The normalized spacial score (nSPS) is 26.0. The molecule has 1 aliphatic heterocycles. The molecule has 1 saturated heterocycles. The minimum absolute atomic E-state index is 0.150. The summed E-state index contributed by atoms with van der Waals surface area (Å²) in [6.45, 7) is 4.42. The quantitative estimate of drug-likeness (QED) is 0.848. The number of nitrogens with two attached hydrogens (primary N) is 1. The van der Waals surface area contributed by atoms with Crippen molar-refractivity contribution >= 4 is 29.2 Å². The molecule has 7 heteroatoms. The molecule has 2 N–H and O–H groups in total. The Morgan fingerprint density at radius 3 is 2.86 bits per heavy atom. The van der Waals surface area contributed by atoms with Crippen molar-refractivity contribution in [2.24, 2.45) is 0 Å². The molecule has 1 aromatic carbocycles. The summed E-state index contributed by atoms with van der Waals surface area (Å²) in [7, 11) is 0. The maximum atomic E-state index is 13.9. The second-order valence-electron chi connectivity index (χ2n) is 5.03. The van der Waals surface area contributed by atoms with Crippen molar-refractivity contribution in [3.8, 4) is 11.5 Å². The first-order valence-corrected chi connectivity index (χ1v) is 8.70. The highest BCUT2D eigenvalue weighted by Crippen LogP contribution is 2.43. The third-order valence-electron chi connectivity index (χ3n) is 3.54. The van der Waals surface area contributed by atoms with Gasteiger partial charge in [-0.25, -0.2) is 4.39 Å². The summed E-state index contributed by atoms with van der Waals surface area (Å²) < 4.78 is 19.1. The van der Waals surface area contributed by atoms with E-state index in [1.807, 2.05) is 23.5 Å². The van der Waals surface area contributed by atoms with Crippen LogP contribution in [0.4, 0.5) is 10.1 Å². The van der Waals surface area contributed by atoms with E-state index >= 15 is 0 Å². The van der Waals surface area contributed by atoms with E-state index in [-0.39, 0.29) is 16.7 Å². The summed E-state index contributed by atoms with van der Waals surface area (Å²) >= 11 is 3.73. The van der Waals surface area contributed by atoms with E-state index in [4.69, 9.17) is 10.3 Å². The largest absolute Gasteiger partial charge is 0.398 e. The molecule has 0 radical (unpaired) electrons. The number of anilines is 1. The van der Waals surface area contributed by atoms with Gasteiger partial charge in [0.15, 0.2) is 5.82 Å². The van der Waals surface area contributed by atoms with Crippen molar-refractivity contribution in [1.29, 1.82) is 0 Å². The summed E-state index contributed by atoms with van der Waals surface area (Å²) in [5.74, 6) is 1.25. The third kappa shape index (κ3) is 2.89. The molecule has 1 aromatic heterocycles. The van der Waals surface area contributed by atoms with Crippen molar-refractivity contribution in [3.05, 3.63) is 29.8 Å². The van der Waals surface area contributed by atoms with Gasteiger partial charge >= 0.3 is 0 Å². The smallest absolute Gasteiger partial charge is 0.263 e. The van der Waals surface area contributed by atoms with Gasteiger partial charge in [0.25, 0.3) is 5.89 Å². The molecule has 0 aliphatic carbocycles. The number of nitrogen functional groups attached to an aromatic ring is 1. The summed E-state index contributed by atoms with van der Waals surface area (Å²) in [5, 5.41) is 5.32. The highest BCUT2D eigenvalue weighted by molar-refractivity contribution is 8.07. The second kappa shape index (κ2) is 5.88. The zero-order valence-electron chi connectivity index (χ0n) is 11.7. The first kappa shape index (κ1) is 14.7. The minimum Gasteiger partial charge on any atom is -0.398 e. The van der Waals surface area contributed by atoms with E-state index in [1.165, 1.54) is 6.07 Å². The average molecular weight is 325 g/mol. The Balaban J connectivity index is 1.87. The van der Waals surface area contributed by atoms with Gasteiger partial charge in [-0.2, -0.15) is 16.7 Å². The number of nitrogens with zero attached hydrogens (tertiary/aromatic N) is 2.